The normalized spacial score (nSPS) is 11.4. The Morgan fingerprint density at radius 1 is 1.14 bits per heavy atom. The van der Waals surface area contributed by atoms with Gasteiger partial charge in [0.1, 0.15) is 5.58 Å². The molecule has 2 aromatic heterocycles. The van der Waals surface area contributed by atoms with E-state index in [1.54, 1.807) is 12.3 Å². The van der Waals surface area contributed by atoms with Gasteiger partial charge in [0.2, 0.25) is 0 Å². The van der Waals surface area contributed by atoms with Gasteiger partial charge in [0.05, 0.1) is 16.4 Å². The number of furan rings is 1. The molecular weight excluding hydrogens is 601 g/mol. The minimum Gasteiger partial charge on any atom is -0.450 e. The lowest BCUT2D eigenvalue weighted by Crippen LogP contribution is -2.17. The number of rotatable bonds is 4. The van der Waals surface area contributed by atoms with Gasteiger partial charge in [0.25, 0.3) is 0 Å². The molecule has 0 atom stereocenters. The molecule has 0 spiro atoms. The summed E-state index contributed by atoms with van der Waals surface area (Å²) in [7, 11) is 0. The minimum atomic E-state index is -0.414. The molecule has 0 fully saturated rings. The molecule has 0 aliphatic rings. The molecule has 8 heteroatoms. The number of hydrogen-bond acceptors (Lipinski definition) is 3. The summed E-state index contributed by atoms with van der Waals surface area (Å²) in [5.41, 5.74) is 5.00. The van der Waals surface area contributed by atoms with Crippen LogP contribution in [0.25, 0.3) is 16.7 Å². The van der Waals surface area contributed by atoms with Crippen LogP contribution in [0.15, 0.2) is 79.3 Å². The highest BCUT2D eigenvalue weighted by atomic mass is 127. The van der Waals surface area contributed by atoms with Crippen LogP contribution in [0.2, 0.25) is 0 Å². The highest BCUT2D eigenvalue weighted by Crippen LogP contribution is 2.30. The fourth-order valence-corrected chi connectivity index (χ4v) is 4.43. The maximum atomic E-state index is 12.4. The monoisotopic (exact) mass is 611 g/mol. The molecule has 5 nitrogen and oxygen atoms in total. The van der Waals surface area contributed by atoms with Gasteiger partial charge in [-0.2, -0.15) is 5.10 Å². The van der Waals surface area contributed by atoms with Gasteiger partial charge < -0.3 is 8.98 Å². The molecule has 4 aromatic rings. The molecule has 0 radical (unpaired) electrons. The molecule has 1 amide bonds. The minimum absolute atomic E-state index is 0.193. The van der Waals surface area contributed by atoms with Crippen molar-refractivity contribution in [2.45, 2.75) is 0 Å². The summed E-state index contributed by atoms with van der Waals surface area (Å²) in [5.74, 6) is -0.221. The first kappa shape index (κ1) is 19.4. The Kier molecular flexibility index (Phi) is 5.70. The average molecular weight is 613 g/mol. The van der Waals surface area contributed by atoms with Crippen molar-refractivity contribution in [3.8, 4) is 5.69 Å². The Labute approximate surface area is 191 Å². The van der Waals surface area contributed by atoms with Crippen LogP contribution in [0, 0.1) is 3.57 Å². The Bertz CT molecular complexity index is 1200. The lowest BCUT2D eigenvalue weighted by molar-refractivity contribution is 0.0929. The molecule has 0 bridgehead atoms. The fraction of sp³-hybridized carbons (Fsp3) is 0. The molecule has 4 rings (SSSR count). The number of benzene rings is 2. The van der Waals surface area contributed by atoms with Gasteiger partial charge in [-0.25, -0.2) is 5.43 Å². The van der Waals surface area contributed by atoms with Crippen molar-refractivity contribution in [2.75, 3.05) is 0 Å². The van der Waals surface area contributed by atoms with E-state index >= 15 is 0 Å². The van der Waals surface area contributed by atoms with Crippen molar-refractivity contribution in [1.82, 2.24) is 9.99 Å². The second-order valence-electron chi connectivity index (χ2n) is 5.90. The van der Waals surface area contributed by atoms with E-state index in [9.17, 15) is 4.79 Å². The van der Waals surface area contributed by atoms with E-state index < -0.39 is 5.91 Å². The van der Waals surface area contributed by atoms with E-state index in [2.05, 4.69) is 65.0 Å². The van der Waals surface area contributed by atoms with Crippen molar-refractivity contribution in [3.63, 3.8) is 0 Å². The number of nitrogens with one attached hydrogen (secondary N) is 1. The topological polar surface area (TPSA) is 59.5 Å². The van der Waals surface area contributed by atoms with E-state index in [0.717, 1.165) is 25.7 Å². The number of hydrazone groups is 1. The standard InChI is InChI=1S/C20H12Br2IN3O2/c21-13-8-12-9-18(28-19(12)17(22)10-13)20(27)25-24-11-16-2-1-7-26(16)15-5-3-14(23)4-6-15/h1-11H,(H,25,27)/b24-11-. The third-order valence-corrected chi connectivity index (χ3v) is 5.77. The zero-order valence-electron chi connectivity index (χ0n) is 14.2. The van der Waals surface area contributed by atoms with Gasteiger partial charge in [-0.15, -0.1) is 0 Å². The summed E-state index contributed by atoms with van der Waals surface area (Å²) in [4.78, 5) is 12.4. The van der Waals surface area contributed by atoms with Gasteiger partial charge in [0, 0.05) is 25.3 Å². The Morgan fingerprint density at radius 3 is 2.71 bits per heavy atom. The Balaban J connectivity index is 1.51. The van der Waals surface area contributed by atoms with Crippen LogP contribution in [-0.4, -0.2) is 16.7 Å². The maximum absolute atomic E-state index is 12.4. The zero-order valence-corrected chi connectivity index (χ0v) is 19.5. The average Bonchev–Trinajstić information content (AvgIpc) is 3.29. The van der Waals surface area contributed by atoms with Gasteiger partial charge in [-0.3, -0.25) is 4.79 Å². The van der Waals surface area contributed by atoms with Crippen LogP contribution in [-0.2, 0) is 0 Å². The molecule has 0 unspecified atom stereocenters. The van der Waals surface area contributed by atoms with Crippen LogP contribution in [0.1, 0.15) is 16.2 Å². The fourth-order valence-electron chi connectivity index (χ4n) is 2.74. The first-order chi connectivity index (χ1) is 13.5. The summed E-state index contributed by atoms with van der Waals surface area (Å²) < 4.78 is 10.5. The molecule has 0 saturated heterocycles. The first-order valence-electron chi connectivity index (χ1n) is 8.16. The zero-order chi connectivity index (χ0) is 19.7. The molecule has 0 aliphatic heterocycles. The highest BCUT2D eigenvalue weighted by Gasteiger charge is 2.14. The van der Waals surface area contributed by atoms with E-state index in [4.69, 9.17) is 4.42 Å². The van der Waals surface area contributed by atoms with Crippen LogP contribution in [0.4, 0.5) is 0 Å². The predicted molar refractivity (Wildman–Crippen MR) is 125 cm³/mol. The molecule has 2 heterocycles. The van der Waals surface area contributed by atoms with Crippen LogP contribution in [0.5, 0.6) is 0 Å². The summed E-state index contributed by atoms with van der Waals surface area (Å²) in [6.45, 7) is 0. The Hall–Kier alpha value is -1.91. The van der Waals surface area contributed by atoms with E-state index in [1.165, 1.54) is 3.57 Å². The second-order valence-corrected chi connectivity index (χ2v) is 8.91. The van der Waals surface area contributed by atoms with E-state index in [-0.39, 0.29) is 5.76 Å². The number of hydrogen-bond donors (Lipinski definition) is 1. The summed E-state index contributed by atoms with van der Waals surface area (Å²) in [6.07, 6.45) is 3.55. The van der Waals surface area contributed by atoms with Crippen molar-refractivity contribution in [3.05, 3.63) is 84.8 Å². The van der Waals surface area contributed by atoms with Crippen molar-refractivity contribution >= 4 is 77.5 Å². The number of carbonyl (C=O) groups is 1. The SMILES string of the molecule is O=C(N/N=C\c1cccn1-c1ccc(I)cc1)c1cc2cc(Br)cc(Br)c2o1. The maximum Gasteiger partial charge on any atom is 0.307 e. The van der Waals surface area contributed by atoms with Gasteiger partial charge in [0.15, 0.2) is 5.76 Å². The quantitative estimate of drug-likeness (QED) is 0.172. The molecule has 28 heavy (non-hydrogen) atoms. The summed E-state index contributed by atoms with van der Waals surface area (Å²) in [6, 6.07) is 17.4. The first-order valence-corrected chi connectivity index (χ1v) is 10.8. The van der Waals surface area contributed by atoms with Crippen LogP contribution in [0.3, 0.4) is 0 Å². The molecule has 0 saturated carbocycles. The molecule has 2 aromatic carbocycles. The number of carbonyl (C=O) groups excluding carboxylic acids is 1. The summed E-state index contributed by atoms with van der Waals surface area (Å²) >= 11 is 9.13. The lowest BCUT2D eigenvalue weighted by atomic mass is 10.2. The molecule has 0 aliphatic carbocycles. The second kappa shape index (κ2) is 8.22. The number of nitrogens with zero attached hydrogens (tertiary/aromatic N) is 2. The largest absolute Gasteiger partial charge is 0.450 e. The molecular formula is C20H12Br2IN3O2. The number of aromatic nitrogens is 1. The van der Waals surface area contributed by atoms with E-state index in [1.807, 2.05) is 59.3 Å². The number of amides is 1. The molecule has 140 valence electrons. The lowest BCUT2D eigenvalue weighted by Gasteiger charge is -2.06. The van der Waals surface area contributed by atoms with Crippen molar-refractivity contribution in [2.24, 2.45) is 5.10 Å². The summed E-state index contributed by atoms with van der Waals surface area (Å²) in [5, 5.41) is 4.90. The van der Waals surface area contributed by atoms with Gasteiger partial charge >= 0.3 is 5.91 Å². The van der Waals surface area contributed by atoms with Crippen molar-refractivity contribution in [1.29, 1.82) is 0 Å². The van der Waals surface area contributed by atoms with Gasteiger partial charge in [-0.05, 0) is 93.1 Å². The third-order valence-electron chi connectivity index (χ3n) is 4.01. The van der Waals surface area contributed by atoms with E-state index in [0.29, 0.717) is 5.58 Å². The van der Waals surface area contributed by atoms with Crippen LogP contribution >= 0.6 is 54.5 Å². The third kappa shape index (κ3) is 4.08. The molecule has 1 N–H and O–H groups in total. The predicted octanol–water partition coefficient (Wildman–Crippen LogP) is 6.12. The van der Waals surface area contributed by atoms with Gasteiger partial charge in [-0.1, -0.05) is 15.9 Å². The highest BCUT2D eigenvalue weighted by molar-refractivity contribution is 14.1. The van der Waals surface area contributed by atoms with Crippen LogP contribution < -0.4 is 5.43 Å². The number of halogens is 3. The Morgan fingerprint density at radius 2 is 1.93 bits per heavy atom. The number of fused-ring (bicyclic) bond motifs is 1. The van der Waals surface area contributed by atoms with Crippen molar-refractivity contribution < 1.29 is 9.21 Å². The smallest absolute Gasteiger partial charge is 0.307 e.